The van der Waals surface area contributed by atoms with Gasteiger partial charge in [0.15, 0.2) is 11.5 Å². The molecule has 2 aromatic heterocycles. The Bertz CT molecular complexity index is 574. The molecule has 0 unspecified atom stereocenters. The number of imidazole rings is 1. The molecule has 0 amide bonds. The SMILES string of the molecule is CNc1ccc2[nH]c(C(F)(F)C(F)(F)F)nc2n1. The first kappa shape index (κ1) is 12.5. The summed E-state index contributed by atoms with van der Waals surface area (Å²) in [5, 5.41) is 2.62. The van der Waals surface area contributed by atoms with E-state index in [0.717, 1.165) is 0 Å². The van der Waals surface area contributed by atoms with Crippen LogP contribution in [0.15, 0.2) is 12.1 Å². The van der Waals surface area contributed by atoms with Crippen molar-refractivity contribution in [3.05, 3.63) is 18.0 Å². The van der Waals surface area contributed by atoms with Gasteiger partial charge in [0, 0.05) is 7.05 Å². The molecule has 2 N–H and O–H groups in total. The zero-order chi connectivity index (χ0) is 13.6. The Morgan fingerprint density at radius 2 is 1.78 bits per heavy atom. The third kappa shape index (κ3) is 1.85. The van der Waals surface area contributed by atoms with E-state index in [-0.39, 0.29) is 11.2 Å². The molecule has 0 saturated carbocycles. The number of anilines is 1. The molecule has 0 aliphatic rings. The fourth-order valence-electron chi connectivity index (χ4n) is 1.31. The second-order valence-corrected chi connectivity index (χ2v) is 3.48. The second kappa shape index (κ2) is 3.79. The van der Waals surface area contributed by atoms with Gasteiger partial charge in [-0.05, 0) is 12.1 Å². The van der Waals surface area contributed by atoms with Crippen molar-refractivity contribution in [2.75, 3.05) is 12.4 Å². The molecule has 0 atom stereocenters. The maximum absolute atomic E-state index is 13.0. The van der Waals surface area contributed by atoms with Crippen LogP contribution in [-0.4, -0.2) is 28.2 Å². The third-order valence-corrected chi connectivity index (χ3v) is 2.26. The summed E-state index contributed by atoms with van der Waals surface area (Å²) in [7, 11) is 1.53. The maximum Gasteiger partial charge on any atom is 0.461 e. The van der Waals surface area contributed by atoms with Crippen molar-refractivity contribution in [3.8, 4) is 0 Å². The fourth-order valence-corrected chi connectivity index (χ4v) is 1.31. The maximum atomic E-state index is 13.0. The number of hydrogen-bond donors (Lipinski definition) is 2. The number of rotatable bonds is 2. The lowest BCUT2D eigenvalue weighted by molar-refractivity contribution is -0.292. The molecule has 0 fully saturated rings. The van der Waals surface area contributed by atoms with Crippen molar-refractivity contribution < 1.29 is 22.0 Å². The summed E-state index contributed by atoms with van der Waals surface area (Å²) in [6.45, 7) is 0. The lowest BCUT2D eigenvalue weighted by atomic mass is 10.3. The first-order valence-electron chi connectivity index (χ1n) is 4.75. The van der Waals surface area contributed by atoms with Crippen LogP contribution in [0.5, 0.6) is 0 Å². The van der Waals surface area contributed by atoms with Gasteiger partial charge in [0.25, 0.3) is 0 Å². The molecule has 2 aromatic rings. The minimum Gasteiger partial charge on any atom is -0.373 e. The highest BCUT2D eigenvalue weighted by molar-refractivity contribution is 5.73. The van der Waals surface area contributed by atoms with Crippen LogP contribution in [0.3, 0.4) is 0 Å². The van der Waals surface area contributed by atoms with E-state index >= 15 is 0 Å². The Balaban J connectivity index is 2.54. The second-order valence-electron chi connectivity index (χ2n) is 3.48. The molecule has 4 nitrogen and oxygen atoms in total. The van der Waals surface area contributed by atoms with Gasteiger partial charge in [-0.1, -0.05) is 0 Å². The average Bonchev–Trinajstić information content (AvgIpc) is 2.70. The zero-order valence-corrected chi connectivity index (χ0v) is 8.94. The predicted molar refractivity (Wildman–Crippen MR) is 53.4 cm³/mol. The molecule has 0 bridgehead atoms. The minimum atomic E-state index is -5.70. The third-order valence-electron chi connectivity index (χ3n) is 2.26. The van der Waals surface area contributed by atoms with Gasteiger partial charge in [0.05, 0.1) is 5.52 Å². The van der Waals surface area contributed by atoms with Crippen LogP contribution in [0, 0.1) is 0 Å². The van der Waals surface area contributed by atoms with Crippen molar-refractivity contribution in [1.29, 1.82) is 0 Å². The van der Waals surface area contributed by atoms with Crippen LogP contribution in [0.2, 0.25) is 0 Å². The summed E-state index contributed by atoms with van der Waals surface area (Å²) in [6.07, 6.45) is -5.70. The van der Waals surface area contributed by atoms with Crippen LogP contribution < -0.4 is 5.32 Å². The Hall–Kier alpha value is -1.93. The van der Waals surface area contributed by atoms with Gasteiger partial charge < -0.3 is 10.3 Å². The van der Waals surface area contributed by atoms with Gasteiger partial charge >= 0.3 is 12.1 Å². The normalized spacial score (nSPS) is 13.0. The molecule has 0 aromatic carbocycles. The fraction of sp³-hybridized carbons (Fsp3) is 0.333. The summed E-state index contributed by atoms with van der Waals surface area (Å²) >= 11 is 0. The summed E-state index contributed by atoms with van der Waals surface area (Å²) < 4.78 is 62.5. The highest BCUT2D eigenvalue weighted by Gasteiger charge is 2.61. The molecular weight excluding hydrogens is 259 g/mol. The van der Waals surface area contributed by atoms with Crippen molar-refractivity contribution in [1.82, 2.24) is 15.0 Å². The van der Waals surface area contributed by atoms with Gasteiger partial charge in [0.2, 0.25) is 0 Å². The number of pyridine rings is 1. The van der Waals surface area contributed by atoms with E-state index in [1.54, 1.807) is 0 Å². The van der Waals surface area contributed by atoms with E-state index in [4.69, 9.17) is 0 Å². The number of halogens is 5. The summed E-state index contributed by atoms with van der Waals surface area (Å²) in [6, 6.07) is 2.74. The van der Waals surface area contributed by atoms with Crippen molar-refractivity contribution in [2.24, 2.45) is 0 Å². The Kier molecular flexibility index (Phi) is 2.63. The van der Waals surface area contributed by atoms with Crippen LogP contribution in [0.4, 0.5) is 27.8 Å². The predicted octanol–water partition coefficient (Wildman–Crippen LogP) is 2.65. The first-order chi connectivity index (χ1) is 8.25. The summed E-state index contributed by atoms with van der Waals surface area (Å²) in [5.74, 6) is -6.19. The smallest absolute Gasteiger partial charge is 0.373 e. The number of H-pyrrole nitrogens is 1. The topological polar surface area (TPSA) is 53.6 Å². The highest BCUT2D eigenvalue weighted by atomic mass is 19.4. The van der Waals surface area contributed by atoms with Gasteiger partial charge in [-0.25, -0.2) is 9.97 Å². The van der Waals surface area contributed by atoms with E-state index < -0.39 is 17.9 Å². The van der Waals surface area contributed by atoms with Crippen molar-refractivity contribution >= 4 is 17.0 Å². The number of nitrogens with zero attached hydrogens (tertiary/aromatic N) is 2. The summed E-state index contributed by atoms with van der Waals surface area (Å²) in [4.78, 5) is 8.86. The number of aromatic amines is 1. The van der Waals surface area contributed by atoms with Gasteiger partial charge in [0.1, 0.15) is 5.82 Å². The van der Waals surface area contributed by atoms with Crippen molar-refractivity contribution in [2.45, 2.75) is 12.1 Å². The quantitative estimate of drug-likeness (QED) is 0.821. The largest absolute Gasteiger partial charge is 0.461 e. The molecule has 0 aliphatic heterocycles. The Labute approximate surface area is 97.2 Å². The molecule has 2 heterocycles. The molecule has 9 heteroatoms. The van der Waals surface area contributed by atoms with Crippen LogP contribution in [-0.2, 0) is 5.92 Å². The van der Waals surface area contributed by atoms with Crippen LogP contribution >= 0.6 is 0 Å². The monoisotopic (exact) mass is 266 g/mol. The summed E-state index contributed by atoms with van der Waals surface area (Å²) in [5.41, 5.74) is -0.200. The minimum absolute atomic E-state index is 0.00734. The molecule has 2 rings (SSSR count). The highest BCUT2D eigenvalue weighted by Crippen LogP contribution is 2.42. The standard InChI is InChI=1S/C9H7F5N4/c1-15-5-3-2-4-6(17-5)18-7(16-4)8(10,11)9(12,13)14/h2-3H,1H3,(H2,15,16,17,18). The van der Waals surface area contributed by atoms with E-state index in [9.17, 15) is 22.0 Å². The van der Waals surface area contributed by atoms with E-state index in [2.05, 4.69) is 15.3 Å². The zero-order valence-electron chi connectivity index (χ0n) is 8.94. The molecule has 0 saturated heterocycles. The molecule has 98 valence electrons. The van der Waals surface area contributed by atoms with E-state index in [0.29, 0.717) is 5.82 Å². The molecule has 0 spiro atoms. The number of aromatic nitrogens is 3. The van der Waals surface area contributed by atoms with Gasteiger partial charge in [-0.3, -0.25) is 0 Å². The molecule has 0 aliphatic carbocycles. The average molecular weight is 266 g/mol. The van der Waals surface area contributed by atoms with Crippen LogP contribution in [0.25, 0.3) is 11.2 Å². The number of alkyl halides is 5. The van der Waals surface area contributed by atoms with Crippen LogP contribution in [0.1, 0.15) is 5.82 Å². The van der Waals surface area contributed by atoms with Crippen molar-refractivity contribution in [3.63, 3.8) is 0 Å². The first-order valence-corrected chi connectivity index (χ1v) is 4.75. The number of fused-ring (bicyclic) bond motifs is 1. The van der Waals surface area contributed by atoms with Gasteiger partial charge in [-0.15, -0.1) is 0 Å². The van der Waals surface area contributed by atoms with E-state index in [1.807, 2.05) is 4.98 Å². The molecular formula is C9H7F5N4. The Morgan fingerprint density at radius 1 is 1.11 bits per heavy atom. The van der Waals surface area contributed by atoms with Gasteiger partial charge in [-0.2, -0.15) is 22.0 Å². The molecule has 0 radical (unpaired) electrons. The number of nitrogens with one attached hydrogen (secondary N) is 2. The molecule has 18 heavy (non-hydrogen) atoms. The number of hydrogen-bond acceptors (Lipinski definition) is 3. The Morgan fingerprint density at radius 3 is 2.33 bits per heavy atom. The lowest BCUT2D eigenvalue weighted by Crippen LogP contribution is -2.34. The van der Waals surface area contributed by atoms with E-state index in [1.165, 1.54) is 19.2 Å². The lowest BCUT2D eigenvalue weighted by Gasteiger charge is -2.16.